The zero-order valence-electron chi connectivity index (χ0n) is 18.5. The maximum Gasteiger partial charge on any atom is 0.331 e. The van der Waals surface area contributed by atoms with Gasteiger partial charge in [-0.2, -0.15) is 4.37 Å². The molecule has 172 valence electrons. The number of hydrogen-bond acceptors (Lipinski definition) is 8. The number of ketones is 1. The second-order valence-electron chi connectivity index (χ2n) is 7.44. The molecule has 0 spiro atoms. The molecule has 1 aliphatic heterocycles. The Kier molecular flexibility index (Phi) is 6.97. The molecule has 0 fully saturated rings. The molecule has 0 aliphatic carbocycles. The number of halogens is 1. The summed E-state index contributed by atoms with van der Waals surface area (Å²) in [6, 6.07) is 11.5. The first-order valence-electron chi connectivity index (χ1n) is 10.4. The molecule has 0 amide bonds. The van der Waals surface area contributed by atoms with Gasteiger partial charge in [0.2, 0.25) is 0 Å². The van der Waals surface area contributed by atoms with Gasteiger partial charge >= 0.3 is 5.97 Å². The van der Waals surface area contributed by atoms with Crippen LogP contribution in [-0.2, 0) is 22.6 Å². The van der Waals surface area contributed by atoms with E-state index in [1.165, 1.54) is 11.5 Å². The Bertz CT molecular complexity index is 1180. The molecule has 2 aromatic carbocycles. The van der Waals surface area contributed by atoms with Gasteiger partial charge in [-0.3, -0.25) is 9.69 Å². The Balaban J connectivity index is 1.73. The topological polar surface area (TPSA) is 78.0 Å². The first-order chi connectivity index (χ1) is 16.0. The summed E-state index contributed by atoms with van der Waals surface area (Å²) in [5.41, 5.74) is 2.63. The standard InChI is InChI=1S/C24H23ClN2O5S/c1-4-32-24(29)22-23(28)20-19(33-26-21(20)14-5-8-16(25)9-6-14)13-27(22)12-15-7-10-17(30-2)11-18(15)31-3/h5-11,22H,4,12-13H2,1-3H3. The molecule has 0 saturated carbocycles. The summed E-state index contributed by atoms with van der Waals surface area (Å²) in [5.74, 6) is 0.376. The highest BCUT2D eigenvalue weighted by Crippen LogP contribution is 2.37. The van der Waals surface area contributed by atoms with Crippen molar-refractivity contribution < 1.29 is 23.8 Å². The second-order valence-corrected chi connectivity index (χ2v) is 8.73. The molecule has 0 N–H and O–H groups in total. The highest BCUT2D eigenvalue weighted by Gasteiger charge is 2.43. The van der Waals surface area contributed by atoms with E-state index in [-0.39, 0.29) is 12.4 Å². The number of nitrogens with zero attached hydrogens (tertiary/aromatic N) is 2. The predicted molar refractivity (Wildman–Crippen MR) is 126 cm³/mol. The fraction of sp³-hybridized carbons (Fsp3) is 0.292. The van der Waals surface area contributed by atoms with Gasteiger partial charge in [-0.25, -0.2) is 4.79 Å². The third-order valence-electron chi connectivity index (χ3n) is 5.46. The zero-order chi connectivity index (χ0) is 23.5. The van der Waals surface area contributed by atoms with E-state index in [4.69, 9.17) is 25.8 Å². The Morgan fingerprint density at radius 2 is 1.94 bits per heavy atom. The third kappa shape index (κ3) is 4.59. The molecule has 7 nitrogen and oxygen atoms in total. The molecule has 4 rings (SSSR count). The lowest BCUT2D eigenvalue weighted by Crippen LogP contribution is -2.50. The van der Waals surface area contributed by atoms with Crippen LogP contribution >= 0.6 is 23.1 Å². The van der Waals surface area contributed by atoms with Gasteiger partial charge in [0.25, 0.3) is 0 Å². The molecule has 1 aromatic heterocycles. The van der Waals surface area contributed by atoms with Crippen LogP contribution < -0.4 is 9.47 Å². The van der Waals surface area contributed by atoms with Gasteiger partial charge in [-0.1, -0.05) is 29.8 Å². The molecule has 1 atom stereocenters. The van der Waals surface area contributed by atoms with Gasteiger partial charge in [0, 0.05) is 35.3 Å². The zero-order valence-corrected chi connectivity index (χ0v) is 20.0. The van der Waals surface area contributed by atoms with Crippen LogP contribution in [0.1, 0.15) is 27.7 Å². The van der Waals surface area contributed by atoms with Crippen molar-refractivity contribution in [1.82, 2.24) is 9.27 Å². The van der Waals surface area contributed by atoms with E-state index in [0.29, 0.717) is 40.9 Å². The molecule has 1 aliphatic rings. The van der Waals surface area contributed by atoms with Crippen molar-refractivity contribution >= 4 is 34.9 Å². The number of Topliss-reactive ketones (excluding diaryl/α,β-unsaturated/α-hetero) is 1. The highest BCUT2D eigenvalue weighted by molar-refractivity contribution is 7.06. The van der Waals surface area contributed by atoms with E-state index in [2.05, 4.69) is 4.37 Å². The number of hydrogen-bond donors (Lipinski definition) is 0. The number of fused-ring (bicyclic) bond motifs is 1. The minimum absolute atomic E-state index is 0.182. The van der Waals surface area contributed by atoms with E-state index in [0.717, 1.165) is 16.0 Å². The normalized spacial score (nSPS) is 15.8. The SMILES string of the molecule is CCOC(=O)C1C(=O)c2c(-c3ccc(Cl)cc3)nsc2CN1Cc1ccc(OC)cc1OC. The molecule has 3 aromatic rings. The maximum atomic E-state index is 13.7. The van der Waals surface area contributed by atoms with E-state index in [1.807, 2.05) is 24.3 Å². The number of rotatable bonds is 7. The molecular formula is C24H23ClN2O5S. The van der Waals surface area contributed by atoms with E-state index < -0.39 is 12.0 Å². The van der Waals surface area contributed by atoms with Crippen molar-refractivity contribution in [3.63, 3.8) is 0 Å². The molecule has 9 heteroatoms. The van der Waals surface area contributed by atoms with Crippen LogP contribution in [0, 0.1) is 0 Å². The molecule has 1 unspecified atom stereocenters. The number of methoxy groups -OCH3 is 2. The minimum Gasteiger partial charge on any atom is -0.497 e. The van der Waals surface area contributed by atoms with Crippen LogP contribution in [0.3, 0.4) is 0 Å². The fourth-order valence-corrected chi connectivity index (χ4v) is 4.93. The summed E-state index contributed by atoms with van der Waals surface area (Å²) in [4.78, 5) is 29.2. The van der Waals surface area contributed by atoms with E-state index in [1.54, 1.807) is 44.2 Å². The Morgan fingerprint density at radius 3 is 2.61 bits per heavy atom. The van der Waals surface area contributed by atoms with Crippen molar-refractivity contribution in [2.45, 2.75) is 26.1 Å². The Morgan fingerprint density at radius 1 is 1.18 bits per heavy atom. The van der Waals surface area contributed by atoms with Gasteiger partial charge in [0.1, 0.15) is 11.5 Å². The van der Waals surface area contributed by atoms with Gasteiger partial charge in [0.05, 0.1) is 37.0 Å². The molecule has 33 heavy (non-hydrogen) atoms. The minimum atomic E-state index is -1.08. The number of carbonyl (C=O) groups is 2. The van der Waals surface area contributed by atoms with Gasteiger partial charge in [-0.05, 0) is 36.7 Å². The third-order valence-corrected chi connectivity index (χ3v) is 6.54. The highest BCUT2D eigenvalue weighted by atomic mass is 35.5. The predicted octanol–water partition coefficient (Wildman–Crippen LogP) is 4.61. The Labute approximate surface area is 201 Å². The summed E-state index contributed by atoms with van der Waals surface area (Å²) < 4.78 is 20.6. The summed E-state index contributed by atoms with van der Waals surface area (Å²) in [5, 5.41) is 0.596. The summed E-state index contributed by atoms with van der Waals surface area (Å²) in [6.07, 6.45) is 0. The summed E-state index contributed by atoms with van der Waals surface area (Å²) in [7, 11) is 3.15. The van der Waals surface area contributed by atoms with Crippen molar-refractivity contribution in [3.05, 3.63) is 63.5 Å². The quantitative estimate of drug-likeness (QED) is 0.356. The smallest absolute Gasteiger partial charge is 0.331 e. The average molecular weight is 487 g/mol. The fourth-order valence-electron chi connectivity index (χ4n) is 3.89. The first kappa shape index (κ1) is 23.2. The van der Waals surface area contributed by atoms with Crippen LogP contribution in [0.4, 0.5) is 0 Å². The van der Waals surface area contributed by atoms with Crippen LogP contribution in [-0.4, -0.2) is 47.9 Å². The monoisotopic (exact) mass is 486 g/mol. The lowest BCUT2D eigenvalue weighted by Gasteiger charge is -2.33. The van der Waals surface area contributed by atoms with Gasteiger partial charge < -0.3 is 14.2 Å². The largest absolute Gasteiger partial charge is 0.497 e. The van der Waals surface area contributed by atoms with Crippen LogP contribution in [0.25, 0.3) is 11.3 Å². The van der Waals surface area contributed by atoms with Crippen molar-refractivity contribution in [3.8, 4) is 22.8 Å². The first-order valence-corrected chi connectivity index (χ1v) is 11.5. The maximum absolute atomic E-state index is 13.7. The van der Waals surface area contributed by atoms with E-state index in [9.17, 15) is 9.59 Å². The average Bonchev–Trinajstić information content (AvgIpc) is 3.24. The lowest BCUT2D eigenvalue weighted by atomic mass is 9.93. The van der Waals surface area contributed by atoms with Gasteiger partial charge in [-0.15, -0.1) is 0 Å². The van der Waals surface area contributed by atoms with Gasteiger partial charge in [0.15, 0.2) is 11.8 Å². The lowest BCUT2D eigenvalue weighted by molar-refractivity contribution is -0.148. The van der Waals surface area contributed by atoms with Crippen molar-refractivity contribution in [2.24, 2.45) is 0 Å². The number of esters is 1. The van der Waals surface area contributed by atoms with E-state index >= 15 is 0 Å². The summed E-state index contributed by atoms with van der Waals surface area (Å²) >= 11 is 7.28. The molecule has 0 radical (unpaired) electrons. The van der Waals surface area contributed by atoms with Crippen molar-refractivity contribution in [1.29, 1.82) is 0 Å². The molecule has 0 bridgehead atoms. The molecule has 2 heterocycles. The second kappa shape index (κ2) is 9.91. The number of aromatic nitrogens is 1. The number of carbonyl (C=O) groups excluding carboxylic acids is 2. The summed E-state index contributed by atoms with van der Waals surface area (Å²) in [6.45, 7) is 2.60. The van der Waals surface area contributed by atoms with Crippen molar-refractivity contribution in [2.75, 3.05) is 20.8 Å². The number of benzene rings is 2. The molecular weight excluding hydrogens is 464 g/mol. The Hall–Kier alpha value is -2.94. The van der Waals surface area contributed by atoms with Crippen LogP contribution in [0.5, 0.6) is 11.5 Å². The van der Waals surface area contributed by atoms with Crippen LogP contribution in [0.15, 0.2) is 42.5 Å². The van der Waals surface area contributed by atoms with Crippen LogP contribution in [0.2, 0.25) is 5.02 Å². The number of ether oxygens (including phenoxy) is 3. The molecule has 0 saturated heterocycles.